The van der Waals surface area contributed by atoms with Crippen molar-refractivity contribution in [2.45, 2.75) is 13.0 Å². The normalized spacial score (nSPS) is 15.8. The summed E-state index contributed by atoms with van der Waals surface area (Å²) in [5.41, 5.74) is 1.41. The average molecular weight is 363 g/mol. The summed E-state index contributed by atoms with van der Waals surface area (Å²) in [7, 11) is 0. The van der Waals surface area contributed by atoms with Crippen LogP contribution in [0.15, 0.2) is 42.7 Å². The molecule has 0 unspecified atom stereocenters. The number of aromatic nitrogens is 1. The fourth-order valence-corrected chi connectivity index (χ4v) is 3.25. The first kappa shape index (κ1) is 17.5. The lowest BCUT2D eigenvalue weighted by Crippen LogP contribution is -2.52. The van der Waals surface area contributed by atoms with Crippen molar-refractivity contribution in [1.29, 1.82) is 0 Å². The Balaban J connectivity index is 1.57. The van der Waals surface area contributed by atoms with E-state index in [0.29, 0.717) is 36.9 Å². The van der Waals surface area contributed by atoms with Gasteiger partial charge in [0.25, 0.3) is 0 Å². The molecule has 7 heteroatoms. The number of anilines is 1. The minimum atomic E-state index is -0.340. The van der Waals surface area contributed by atoms with Gasteiger partial charge in [-0.15, -0.1) is 0 Å². The number of hydrogen-bond donors (Lipinski definition) is 1. The molecule has 1 fully saturated rings. The van der Waals surface area contributed by atoms with Crippen LogP contribution >= 0.6 is 11.6 Å². The number of nitrogens with one attached hydrogen (secondary N) is 1. The number of piperazine rings is 1. The molecule has 1 aromatic carbocycles. The smallest absolute Gasteiger partial charge is 0.317 e. The topological polar surface area (TPSA) is 48.5 Å². The lowest BCUT2D eigenvalue weighted by molar-refractivity contribution is 0.191. The Morgan fingerprint density at radius 3 is 2.64 bits per heavy atom. The van der Waals surface area contributed by atoms with Gasteiger partial charge < -0.3 is 15.1 Å². The highest BCUT2D eigenvalue weighted by atomic mass is 35.5. The molecule has 5 nitrogen and oxygen atoms in total. The number of nitrogens with zero attached hydrogens (tertiary/aromatic N) is 3. The highest BCUT2D eigenvalue weighted by Crippen LogP contribution is 2.23. The maximum absolute atomic E-state index is 13.8. The summed E-state index contributed by atoms with van der Waals surface area (Å²) < 4.78 is 13.8. The Labute approximate surface area is 151 Å². The Morgan fingerprint density at radius 1 is 1.24 bits per heavy atom. The minimum Gasteiger partial charge on any atom is -0.366 e. The molecule has 3 rings (SSSR count). The Bertz CT molecular complexity index is 749. The Kier molecular flexibility index (Phi) is 5.38. The van der Waals surface area contributed by atoms with Crippen molar-refractivity contribution in [3.63, 3.8) is 0 Å². The van der Waals surface area contributed by atoms with Crippen LogP contribution in [-0.2, 0) is 0 Å². The molecule has 132 valence electrons. The zero-order chi connectivity index (χ0) is 17.8. The molecule has 1 aliphatic heterocycles. The molecular formula is C18H20ClFN4O. The lowest BCUT2D eigenvalue weighted by Gasteiger charge is -2.36. The van der Waals surface area contributed by atoms with Crippen molar-refractivity contribution in [3.05, 3.63) is 59.1 Å². The first-order valence-electron chi connectivity index (χ1n) is 8.20. The van der Waals surface area contributed by atoms with Crippen LogP contribution in [0.25, 0.3) is 0 Å². The molecule has 0 radical (unpaired) electrons. The van der Waals surface area contributed by atoms with Gasteiger partial charge in [0.2, 0.25) is 0 Å². The molecule has 2 amide bonds. The van der Waals surface area contributed by atoms with E-state index in [1.165, 1.54) is 6.20 Å². The minimum absolute atomic E-state index is 0.137. The van der Waals surface area contributed by atoms with E-state index in [1.54, 1.807) is 17.2 Å². The molecule has 1 aromatic heterocycles. The van der Waals surface area contributed by atoms with Crippen LogP contribution in [-0.4, -0.2) is 42.1 Å². The molecule has 0 saturated carbocycles. The first-order valence-corrected chi connectivity index (χ1v) is 8.58. The highest BCUT2D eigenvalue weighted by Gasteiger charge is 2.24. The van der Waals surface area contributed by atoms with E-state index >= 15 is 0 Å². The summed E-state index contributed by atoms with van der Waals surface area (Å²) in [6.07, 6.45) is 2.78. The molecule has 1 saturated heterocycles. The van der Waals surface area contributed by atoms with Crippen molar-refractivity contribution in [2.75, 3.05) is 31.1 Å². The van der Waals surface area contributed by atoms with E-state index < -0.39 is 0 Å². The molecule has 0 spiro atoms. The van der Waals surface area contributed by atoms with E-state index in [-0.39, 0.29) is 17.9 Å². The van der Waals surface area contributed by atoms with Crippen LogP contribution in [0.5, 0.6) is 0 Å². The number of benzene rings is 1. The van der Waals surface area contributed by atoms with Gasteiger partial charge >= 0.3 is 6.03 Å². The summed E-state index contributed by atoms with van der Waals surface area (Å²) >= 11 is 6.18. The van der Waals surface area contributed by atoms with E-state index in [1.807, 2.05) is 36.1 Å². The van der Waals surface area contributed by atoms with Crippen molar-refractivity contribution in [3.8, 4) is 0 Å². The molecule has 2 aromatic rings. The molecule has 1 aliphatic rings. The lowest BCUT2D eigenvalue weighted by atomic mass is 10.1. The molecule has 0 bridgehead atoms. The fourth-order valence-electron chi connectivity index (χ4n) is 2.96. The maximum Gasteiger partial charge on any atom is 0.317 e. The summed E-state index contributed by atoms with van der Waals surface area (Å²) in [5.74, 6) is -0.340. The zero-order valence-corrected chi connectivity index (χ0v) is 14.7. The van der Waals surface area contributed by atoms with Crippen LogP contribution in [0.1, 0.15) is 18.5 Å². The van der Waals surface area contributed by atoms with E-state index in [4.69, 9.17) is 11.6 Å². The fraction of sp³-hybridized carbons (Fsp3) is 0.333. The number of pyridine rings is 1. The average Bonchev–Trinajstić information content (AvgIpc) is 2.62. The summed E-state index contributed by atoms with van der Waals surface area (Å²) in [5, 5.41) is 3.61. The third kappa shape index (κ3) is 4.02. The number of halogens is 2. The third-order valence-electron chi connectivity index (χ3n) is 4.37. The van der Waals surface area contributed by atoms with Crippen molar-refractivity contribution in [2.24, 2.45) is 0 Å². The quantitative estimate of drug-likeness (QED) is 0.909. The van der Waals surface area contributed by atoms with Gasteiger partial charge in [0.05, 0.1) is 17.9 Å². The number of amides is 2. The number of hydrogen-bond acceptors (Lipinski definition) is 3. The molecule has 1 atom stereocenters. The summed E-state index contributed by atoms with van der Waals surface area (Å²) in [4.78, 5) is 19.9. The van der Waals surface area contributed by atoms with Crippen LogP contribution in [0.4, 0.5) is 14.9 Å². The summed E-state index contributed by atoms with van der Waals surface area (Å²) in [6, 6.07) is 8.80. The van der Waals surface area contributed by atoms with Crippen molar-refractivity contribution < 1.29 is 9.18 Å². The van der Waals surface area contributed by atoms with Gasteiger partial charge in [0.1, 0.15) is 0 Å². The first-order chi connectivity index (χ1) is 12.1. The van der Waals surface area contributed by atoms with E-state index in [2.05, 4.69) is 10.3 Å². The Hall–Kier alpha value is -2.34. The Morgan fingerprint density at radius 2 is 1.96 bits per heavy atom. The molecule has 0 aliphatic carbocycles. The standard InChI is InChI=1S/C18H20ClFN4O/c1-13(14-4-2-3-5-15(14)19)22-18(25)24-10-8-23(9-11-24)17-6-7-21-12-16(17)20/h2-7,12-13H,8-11H2,1H3,(H,22,25)/t13-/m1/s1. The van der Waals surface area contributed by atoms with Gasteiger partial charge in [-0.2, -0.15) is 0 Å². The van der Waals surface area contributed by atoms with Crippen LogP contribution in [0, 0.1) is 5.82 Å². The second-order valence-corrected chi connectivity index (χ2v) is 6.40. The van der Waals surface area contributed by atoms with Gasteiger partial charge in [0.15, 0.2) is 5.82 Å². The number of rotatable bonds is 3. The van der Waals surface area contributed by atoms with E-state index in [9.17, 15) is 9.18 Å². The third-order valence-corrected chi connectivity index (χ3v) is 4.71. The van der Waals surface area contributed by atoms with Crippen molar-refractivity contribution in [1.82, 2.24) is 15.2 Å². The van der Waals surface area contributed by atoms with Gasteiger partial charge in [0, 0.05) is 37.4 Å². The van der Waals surface area contributed by atoms with Crippen LogP contribution in [0.3, 0.4) is 0 Å². The maximum atomic E-state index is 13.8. The summed E-state index contributed by atoms with van der Waals surface area (Å²) in [6.45, 7) is 4.12. The predicted octanol–water partition coefficient (Wildman–Crippen LogP) is 3.47. The number of carbonyl (C=O) groups is 1. The van der Waals surface area contributed by atoms with Crippen molar-refractivity contribution >= 4 is 23.3 Å². The van der Waals surface area contributed by atoms with Gasteiger partial charge in [-0.25, -0.2) is 9.18 Å². The second kappa shape index (κ2) is 7.70. The van der Waals surface area contributed by atoms with Gasteiger partial charge in [-0.1, -0.05) is 29.8 Å². The molecular weight excluding hydrogens is 343 g/mol. The second-order valence-electron chi connectivity index (χ2n) is 5.99. The molecule has 1 N–H and O–H groups in total. The van der Waals surface area contributed by atoms with E-state index in [0.717, 1.165) is 5.56 Å². The molecule has 25 heavy (non-hydrogen) atoms. The van der Waals surface area contributed by atoms with Gasteiger partial charge in [-0.05, 0) is 24.6 Å². The molecule has 2 heterocycles. The highest BCUT2D eigenvalue weighted by molar-refractivity contribution is 6.31. The monoisotopic (exact) mass is 362 g/mol. The predicted molar refractivity (Wildman–Crippen MR) is 96.4 cm³/mol. The van der Waals surface area contributed by atoms with Crippen LogP contribution in [0.2, 0.25) is 5.02 Å². The number of urea groups is 1. The van der Waals surface area contributed by atoms with Gasteiger partial charge in [-0.3, -0.25) is 4.98 Å². The SMILES string of the molecule is C[C@@H](NC(=O)N1CCN(c2ccncc2F)CC1)c1ccccc1Cl. The van der Waals surface area contributed by atoms with Crippen LogP contribution < -0.4 is 10.2 Å². The largest absolute Gasteiger partial charge is 0.366 e. The number of carbonyl (C=O) groups excluding carboxylic acids is 1. The zero-order valence-electron chi connectivity index (χ0n) is 14.0.